The van der Waals surface area contributed by atoms with Crippen LogP contribution < -0.4 is 0 Å². The molecule has 134 valence electrons. The Balaban J connectivity index is 1.98. The van der Waals surface area contributed by atoms with Gasteiger partial charge in [0.15, 0.2) is 0 Å². The first-order valence-corrected chi connectivity index (χ1v) is 9.59. The van der Waals surface area contributed by atoms with Crippen LogP contribution in [0.15, 0.2) is 12.7 Å². The molecule has 23 heavy (non-hydrogen) atoms. The lowest BCUT2D eigenvalue weighted by Crippen LogP contribution is -2.51. The van der Waals surface area contributed by atoms with Gasteiger partial charge in [-0.2, -0.15) is 0 Å². The molecule has 1 aliphatic heterocycles. The molecule has 3 atom stereocenters. The standard InChI is InChI=1S/C21H40N2/c1-9-10-11-12-13-22(8)16-21-14-17(19(2,3)4)23(18(21)15-21)20(5,6)7/h9,17-18H,1,10-16H2,2-8H3/t17?,18?,21-/m0/s1. The molecule has 2 nitrogen and oxygen atoms in total. The van der Waals surface area contributed by atoms with Crippen LogP contribution in [0.2, 0.25) is 0 Å². The molecule has 1 heterocycles. The number of unbranched alkanes of at least 4 members (excludes halogenated alkanes) is 2. The Bertz CT molecular complexity index is 415. The van der Waals surface area contributed by atoms with Crippen LogP contribution in [0, 0.1) is 10.8 Å². The first kappa shape index (κ1) is 19.0. The van der Waals surface area contributed by atoms with Crippen molar-refractivity contribution in [1.29, 1.82) is 0 Å². The number of rotatable bonds is 7. The minimum Gasteiger partial charge on any atom is -0.306 e. The van der Waals surface area contributed by atoms with E-state index >= 15 is 0 Å². The molecule has 0 aromatic rings. The van der Waals surface area contributed by atoms with E-state index in [0.717, 1.165) is 18.5 Å². The Morgan fingerprint density at radius 1 is 1.13 bits per heavy atom. The van der Waals surface area contributed by atoms with E-state index in [2.05, 4.69) is 65.0 Å². The number of nitrogens with zero attached hydrogens (tertiary/aromatic N) is 2. The molecule has 0 amide bonds. The monoisotopic (exact) mass is 320 g/mol. The molecule has 2 aliphatic rings. The lowest BCUT2D eigenvalue weighted by atomic mass is 9.80. The third kappa shape index (κ3) is 4.20. The fraction of sp³-hybridized carbons (Fsp3) is 0.905. The quantitative estimate of drug-likeness (QED) is 0.483. The fourth-order valence-electron chi connectivity index (χ4n) is 4.82. The molecule has 1 saturated carbocycles. The molecule has 2 fully saturated rings. The highest BCUT2D eigenvalue weighted by atomic mass is 15.3. The third-order valence-corrected chi connectivity index (χ3v) is 5.98. The topological polar surface area (TPSA) is 6.48 Å². The maximum absolute atomic E-state index is 3.82. The van der Waals surface area contributed by atoms with Crippen molar-refractivity contribution in [3.8, 4) is 0 Å². The maximum Gasteiger partial charge on any atom is 0.0180 e. The molecule has 2 rings (SSSR count). The Hall–Kier alpha value is -0.340. The molecular formula is C21H40N2. The predicted octanol–water partition coefficient (Wildman–Crippen LogP) is 4.95. The van der Waals surface area contributed by atoms with Gasteiger partial charge in [0.2, 0.25) is 0 Å². The van der Waals surface area contributed by atoms with Crippen LogP contribution in [0.3, 0.4) is 0 Å². The lowest BCUT2D eigenvalue weighted by Gasteiger charge is -2.45. The molecular weight excluding hydrogens is 280 g/mol. The average Bonchev–Trinajstić information content (AvgIpc) is 2.95. The Labute approximate surface area is 145 Å². The smallest absolute Gasteiger partial charge is 0.0180 e. The Morgan fingerprint density at radius 2 is 1.78 bits per heavy atom. The van der Waals surface area contributed by atoms with Crippen molar-refractivity contribution >= 4 is 0 Å². The molecule has 2 unspecified atom stereocenters. The molecule has 0 aromatic heterocycles. The molecule has 1 aliphatic carbocycles. The van der Waals surface area contributed by atoms with Gasteiger partial charge in [-0.05, 0) is 71.9 Å². The van der Waals surface area contributed by atoms with Crippen LogP contribution >= 0.6 is 0 Å². The van der Waals surface area contributed by atoms with Gasteiger partial charge in [-0.15, -0.1) is 6.58 Å². The molecule has 0 bridgehead atoms. The summed E-state index contributed by atoms with van der Waals surface area (Å²) in [4.78, 5) is 5.45. The predicted molar refractivity (Wildman–Crippen MR) is 102 cm³/mol. The second-order valence-electron chi connectivity index (χ2n) is 10.3. The third-order valence-electron chi connectivity index (χ3n) is 5.98. The van der Waals surface area contributed by atoms with Gasteiger partial charge in [0.1, 0.15) is 0 Å². The van der Waals surface area contributed by atoms with Gasteiger partial charge in [-0.3, -0.25) is 4.90 Å². The van der Waals surface area contributed by atoms with E-state index in [9.17, 15) is 0 Å². The van der Waals surface area contributed by atoms with Crippen molar-refractivity contribution in [2.45, 2.75) is 91.3 Å². The van der Waals surface area contributed by atoms with Crippen molar-refractivity contribution < 1.29 is 0 Å². The summed E-state index contributed by atoms with van der Waals surface area (Å²) < 4.78 is 0. The zero-order chi connectivity index (χ0) is 17.5. The molecule has 0 spiro atoms. The van der Waals surface area contributed by atoms with Gasteiger partial charge in [0, 0.05) is 29.6 Å². The van der Waals surface area contributed by atoms with E-state index in [-0.39, 0.29) is 5.54 Å². The van der Waals surface area contributed by atoms with Crippen LogP contribution in [-0.4, -0.2) is 47.6 Å². The number of likely N-dealkylation sites (tertiary alicyclic amines) is 1. The zero-order valence-corrected chi connectivity index (χ0v) is 16.8. The first-order valence-electron chi connectivity index (χ1n) is 9.59. The zero-order valence-electron chi connectivity index (χ0n) is 16.8. The SMILES string of the molecule is C=CCCCCN(C)C[C@@]12CC(C(C)(C)C)N(C(C)(C)C)C1C2. The van der Waals surface area contributed by atoms with Crippen molar-refractivity contribution in [3.63, 3.8) is 0 Å². The Morgan fingerprint density at radius 3 is 2.26 bits per heavy atom. The maximum atomic E-state index is 3.82. The molecule has 0 N–H and O–H groups in total. The van der Waals surface area contributed by atoms with E-state index in [4.69, 9.17) is 0 Å². The van der Waals surface area contributed by atoms with Crippen molar-refractivity contribution in [1.82, 2.24) is 9.80 Å². The second kappa shape index (κ2) is 6.52. The lowest BCUT2D eigenvalue weighted by molar-refractivity contribution is 0.0362. The van der Waals surface area contributed by atoms with Crippen LogP contribution in [-0.2, 0) is 0 Å². The van der Waals surface area contributed by atoms with Gasteiger partial charge in [0.25, 0.3) is 0 Å². The summed E-state index contributed by atoms with van der Waals surface area (Å²) in [6, 6.07) is 1.53. The Kier molecular flexibility index (Phi) is 5.38. The number of hydrogen-bond acceptors (Lipinski definition) is 2. The van der Waals surface area contributed by atoms with Gasteiger partial charge >= 0.3 is 0 Å². The summed E-state index contributed by atoms with van der Waals surface area (Å²) in [6.45, 7) is 20.8. The average molecular weight is 321 g/mol. The van der Waals surface area contributed by atoms with Crippen molar-refractivity contribution in [3.05, 3.63) is 12.7 Å². The largest absolute Gasteiger partial charge is 0.306 e. The van der Waals surface area contributed by atoms with Crippen LogP contribution in [0.1, 0.15) is 73.6 Å². The van der Waals surface area contributed by atoms with Gasteiger partial charge in [-0.1, -0.05) is 26.8 Å². The highest BCUT2D eigenvalue weighted by Crippen LogP contribution is 2.63. The van der Waals surface area contributed by atoms with Gasteiger partial charge in [-0.25, -0.2) is 0 Å². The summed E-state index contributed by atoms with van der Waals surface area (Å²) in [5.74, 6) is 0. The normalized spacial score (nSPS) is 31.5. The summed E-state index contributed by atoms with van der Waals surface area (Å²) in [5.41, 5.74) is 1.22. The number of fused-ring (bicyclic) bond motifs is 1. The van der Waals surface area contributed by atoms with Crippen LogP contribution in [0.4, 0.5) is 0 Å². The van der Waals surface area contributed by atoms with E-state index in [1.54, 1.807) is 0 Å². The van der Waals surface area contributed by atoms with E-state index < -0.39 is 0 Å². The second-order valence-corrected chi connectivity index (χ2v) is 10.3. The fourth-order valence-corrected chi connectivity index (χ4v) is 4.82. The highest BCUT2D eigenvalue weighted by molar-refractivity contribution is 5.21. The molecule has 2 heteroatoms. The number of allylic oxidation sites excluding steroid dienone is 1. The summed E-state index contributed by atoms with van der Waals surface area (Å²) in [6.07, 6.45) is 8.58. The van der Waals surface area contributed by atoms with E-state index in [1.165, 1.54) is 38.8 Å². The van der Waals surface area contributed by atoms with E-state index in [1.807, 2.05) is 6.08 Å². The number of piperidine rings is 1. The highest BCUT2D eigenvalue weighted by Gasteiger charge is 2.67. The summed E-state index contributed by atoms with van der Waals surface area (Å²) in [5, 5.41) is 0. The van der Waals surface area contributed by atoms with E-state index in [0.29, 0.717) is 10.8 Å². The van der Waals surface area contributed by atoms with Crippen molar-refractivity contribution in [2.24, 2.45) is 10.8 Å². The van der Waals surface area contributed by atoms with Gasteiger partial charge in [0.05, 0.1) is 0 Å². The minimum absolute atomic E-state index is 0.281. The van der Waals surface area contributed by atoms with Crippen LogP contribution in [0.25, 0.3) is 0 Å². The first-order chi connectivity index (χ1) is 10.5. The molecule has 0 radical (unpaired) electrons. The van der Waals surface area contributed by atoms with Crippen LogP contribution in [0.5, 0.6) is 0 Å². The summed E-state index contributed by atoms with van der Waals surface area (Å²) >= 11 is 0. The van der Waals surface area contributed by atoms with Gasteiger partial charge < -0.3 is 4.90 Å². The molecule has 1 saturated heterocycles. The number of hydrogen-bond donors (Lipinski definition) is 0. The molecule has 0 aromatic carbocycles. The minimum atomic E-state index is 0.281. The summed E-state index contributed by atoms with van der Waals surface area (Å²) in [7, 11) is 2.32. The van der Waals surface area contributed by atoms with Crippen molar-refractivity contribution in [2.75, 3.05) is 20.1 Å².